The number of nitrogens with zero attached hydrogens (tertiary/aromatic N) is 3. The number of aliphatic hydroxyl groups is 1. The number of pyridine rings is 1. The highest BCUT2D eigenvalue weighted by Crippen LogP contribution is 2.34. The predicted molar refractivity (Wildman–Crippen MR) is 91.6 cm³/mol. The summed E-state index contributed by atoms with van der Waals surface area (Å²) in [6.45, 7) is -0.446. The maximum atomic E-state index is 13.2. The molecular formula is C17H16F3N3O2S. The molecule has 0 amide bonds. The minimum atomic E-state index is -4.81. The summed E-state index contributed by atoms with van der Waals surface area (Å²) in [4.78, 5) is 4.94. The van der Waals surface area contributed by atoms with Crippen molar-refractivity contribution in [3.05, 3.63) is 59.3 Å². The van der Waals surface area contributed by atoms with Gasteiger partial charge in [0.1, 0.15) is 17.3 Å². The first-order valence-electron chi connectivity index (χ1n) is 7.52. The zero-order chi connectivity index (χ0) is 19.3. The van der Waals surface area contributed by atoms with E-state index in [-0.39, 0.29) is 19.0 Å². The van der Waals surface area contributed by atoms with E-state index < -0.39 is 33.6 Å². The van der Waals surface area contributed by atoms with Crippen molar-refractivity contribution in [1.29, 1.82) is 5.26 Å². The molecule has 0 bridgehead atoms. The minimum Gasteiger partial charge on any atom is -0.395 e. The molecule has 2 rings (SSSR count). The number of hydrogen-bond donors (Lipinski definition) is 1. The van der Waals surface area contributed by atoms with Crippen molar-refractivity contribution in [2.24, 2.45) is 0 Å². The maximum absolute atomic E-state index is 13.2. The topological polar surface area (TPSA) is 77.2 Å². The molecule has 0 fully saturated rings. The van der Waals surface area contributed by atoms with Crippen molar-refractivity contribution in [2.45, 2.75) is 11.6 Å². The van der Waals surface area contributed by atoms with Gasteiger partial charge in [-0.3, -0.25) is 4.21 Å². The largest absolute Gasteiger partial charge is 0.434 e. The van der Waals surface area contributed by atoms with Gasteiger partial charge in [-0.25, -0.2) is 4.98 Å². The van der Waals surface area contributed by atoms with Crippen LogP contribution in [-0.4, -0.2) is 33.7 Å². The Kier molecular flexibility index (Phi) is 6.34. The second kappa shape index (κ2) is 8.29. The molecule has 0 spiro atoms. The molecule has 138 valence electrons. The lowest BCUT2D eigenvalue weighted by Crippen LogP contribution is -2.35. The highest BCUT2D eigenvalue weighted by atomic mass is 32.2. The molecule has 2 atom stereocenters. The van der Waals surface area contributed by atoms with Gasteiger partial charge in [0.15, 0.2) is 5.69 Å². The Morgan fingerprint density at radius 3 is 2.42 bits per heavy atom. The zero-order valence-corrected chi connectivity index (χ0v) is 14.6. The summed E-state index contributed by atoms with van der Waals surface area (Å²) in [6.07, 6.45) is -3.38. The van der Waals surface area contributed by atoms with Crippen LogP contribution in [0.2, 0.25) is 0 Å². The molecule has 0 aliphatic rings. The van der Waals surface area contributed by atoms with Crippen LogP contribution in [0.3, 0.4) is 0 Å². The van der Waals surface area contributed by atoms with Gasteiger partial charge in [0, 0.05) is 23.6 Å². The molecule has 1 aromatic heterocycles. The first-order chi connectivity index (χ1) is 12.3. The number of anilines is 1. The molecule has 5 nitrogen and oxygen atoms in total. The van der Waals surface area contributed by atoms with E-state index in [9.17, 15) is 22.5 Å². The van der Waals surface area contributed by atoms with Crippen molar-refractivity contribution in [3.63, 3.8) is 0 Å². The first kappa shape index (κ1) is 19.9. The molecule has 0 saturated heterocycles. The molecule has 1 aromatic carbocycles. The number of halogens is 3. The molecule has 0 aliphatic heterocycles. The Morgan fingerprint density at radius 1 is 1.27 bits per heavy atom. The van der Waals surface area contributed by atoms with E-state index in [4.69, 9.17) is 5.26 Å². The molecule has 1 unspecified atom stereocenters. The zero-order valence-electron chi connectivity index (χ0n) is 13.8. The highest BCUT2D eigenvalue weighted by Gasteiger charge is 2.37. The van der Waals surface area contributed by atoms with E-state index in [2.05, 4.69) is 4.98 Å². The monoisotopic (exact) mass is 383 g/mol. The molecule has 1 N–H and O–H groups in total. The van der Waals surface area contributed by atoms with E-state index in [1.807, 2.05) is 0 Å². The average Bonchev–Trinajstić information content (AvgIpc) is 2.60. The Labute approximate surface area is 151 Å². The first-order valence-corrected chi connectivity index (χ1v) is 9.14. The van der Waals surface area contributed by atoms with Crippen LogP contribution in [0.25, 0.3) is 0 Å². The number of hydrogen-bond acceptors (Lipinski definition) is 5. The van der Waals surface area contributed by atoms with Gasteiger partial charge in [-0.2, -0.15) is 18.4 Å². The Bertz CT molecular complexity index is 822. The molecule has 26 heavy (non-hydrogen) atoms. The molecule has 2 aromatic rings. The van der Waals surface area contributed by atoms with Gasteiger partial charge in [0.05, 0.1) is 12.2 Å². The third-order valence-corrected chi connectivity index (χ3v) is 4.74. The van der Waals surface area contributed by atoms with Crippen molar-refractivity contribution >= 4 is 16.6 Å². The second-order valence-electron chi connectivity index (χ2n) is 5.35. The van der Waals surface area contributed by atoms with Crippen LogP contribution in [0.4, 0.5) is 19.0 Å². The van der Waals surface area contributed by atoms with E-state index in [0.29, 0.717) is 5.56 Å². The Balaban J connectivity index is 2.59. The quantitative estimate of drug-likeness (QED) is 0.830. The summed E-state index contributed by atoms with van der Waals surface area (Å²) in [6, 6.07) is 12.4. The van der Waals surface area contributed by atoms with Crippen LogP contribution in [0.15, 0.2) is 42.5 Å². The smallest absolute Gasteiger partial charge is 0.395 e. The summed E-state index contributed by atoms with van der Waals surface area (Å²) in [7, 11) is -1.49. The van der Waals surface area contributed by atoms with Crippen LogP contribution in [0.1, 0.15) is 22.2 Å². The predicted octanol–water partition coefficient (Wildman–Crippen LogP) is 2.85. The molecular weight excluding hydrogens is 367 g/mol. The van der Waals surface area contributed by atoms with Gasteiger partial charge < -0.3 is 10.0 Å². The Morgan fingerprint density at radius 2 is 1.92 bits per heavy atom. The van der Waals surface area contributed by atoms with Gasteiger partial charge >= 0.3 is 6.18 Å². The lowest BCUT2D eigenvalue weighted by atomic mass is 10.1. The van der Waals surface area contributed by atoms with Crippen LogP contribution in [-0.2, 0) is 17.0 Å². The lowest BCUT2D eigenvalue weighted by Gasteiger charge is -2.31. The van der Waals surface area contributed by atoms with Crippen molar-refractivity contribution in [2.75, 3.05) is 24.3 Å². The molecule has 0 saturated carbocycles. The molecule has 0 aliphatic carbocycles. The van der Waals surface area contributed by atoms with E-state index in [1.54, 1.807) is 30.3 Å². The van der Waals surface area contributed by atoms with Gasteiger partial charge in [0.2, 0.25) is 0 Å². The minimum absolute atomic E-state index is 0.0741. The number of aliphatic hydroxyl groups excluding tert-OH is 1. The molecule has 9 heteroatoms. The normalized spacial score (nSPS) is 13.7. The number of alkyl halides is 3. The summed E-state index contributed by atoms with van der Waals surface area (Å²) >= 11 is 0. The number of rotatable bonds is 6. The van der Waals surface area contributed by atoms with Gasteiger partial charge in [-0.05, 0) is 17.7 Å². The fourth-order valence-electron chi connectivity index (χ4n) is 2.54. The summed E-state index contributed by atoms with van der Waals surface area (Å²) in [5, 5.41) is 17.5. The summed E-state index contributed by atoms with van der Waals surface area (Å²) in [5.41, 5.74) is -1.30. The summed E-state index contributed by atoms with van der Waals surface area (Å²) in [5.74, 6) is -0.116. The second-order valence-corrected chi connectivity index (χ2v) is 6.80. The van der Waals surface area contributed by atoms with Crippen LogP contribution in [0.5, 0.6) is 0 Å². The van der Waals surface area contributed by atoms with Crippen molar-refractivity contribution in [1.82, 2.24) is 4.98 Å². The number of nitriles is 1. The van der Waals surface area contributed by atoms with Gasteiger partial charge in [-0.1, -0.05) is 30.3 Å². The third-order valence-electron chi connectivity index (χ3n) is 3.59. The fourth-order valence-corrected chi connectivity index (χ4v) is 3.66. The highest BCUT2D eigenvalue weighted by molar-refractivity contribution is 7.84. The van der Waals surface area contributed by atoms with Crippen LogP contribution in [0, 0.1) is 11.3 Å². The van der Waals surface area contributed by atoms with E-state index in [1.165, 1.54) is 23.3 Å². The number of benzene rings is 1. The fraction of sp³-hybridized carbons (Fsp3) is 0.294. The van der Waals surface area contributed by atoms with Gasteiger partial charge in [0.25, 0.3) is 0 Å². The summed E-state index contributed by atoms with van der Waals surface area (Å²) < 4.78 is 51.9. The van der Waals surface area contributed by atoms with E-state index in [0.717, 1.165) is 6.07 Å². The SMILES string of the molecule is C[S@@](=O)C(c1ccccc1)N(CCO)c1ccc(C#N)c(C(F)(F)F)n1. The van der Waals surface area contributed by atoms with Crippen molar-refractivity contribution in [3.8, 4) is 6.07 Å². The standard InChI is InChI=1S/C17H16F3N3O2S/c1-26(25)16(12-5-3-2-4-6-12)23(9-10-24)14-8-7-13(11-21)15(22-14)17(18,19)20/h2-8,16,24H,9-10H2,1H3/t16?,26-/m1/s1. The number of aromatic nitrogens is 1. The van der Waals surface area contributed by atoms with Crippen molar-refractivity contribution < 1.29 is 22.5 Å². The van der Waals surface area contributed by atoms with E-state index >= 15 is 0 Å². The lowest BCUT2D eigenvalue weighted by molar-refractivity contribution is -0.141. The average molecular weight is 383 g/mol. The molecule has 0 radical (unpaired) electrons. The third kappa shape index (κ3) is 4.39. The van der Waals surface area contributed by atoms with Crippen LogP contribution < -0.4 is 4.90 Å². The molecule has 1 heterocycles. The Hall–Kier alpha value is -2.44. The van der Waals surface area contributed by atoms with Crippen LogP contribution >= 0.6 is 0 Å². The van der Waals surface area contributed by atoms with Gasteiger partial charge in [-0.15, -0.1) is 0 Å². The maximum Gasteiger partial charge on any atom is 0.434 e.